The minimum Gasteiger partial charge on any atom is -0.497 e. The molecular formula is C20H28N4O3. The summed E-state index contributed by atoms with van der Waals surface area (Å²) in [6.07, 6.45) is 5.09. The molecular weight excluding hydrogens is 344 g/mol. The topological polar surface area (TPSA) is 81.7 Å². The van der Waals surface area contributed by atoms with Crippen LogP contribution in [0.5, 0.6) is 5.75 Å². The molecule has 1 aliphatic rings. The molecule has 1 fully saturated rings. The van der Waals surface area contributed by atoms with Crippen LogP contribution < -0.4 is 4.74 Å². The summed E-state index contributed by atoms with van der Waals surface area (Å²) in [4.78, 5) is 23.2. The number of methoxy groups -OCH3 is 1. The Hall–Kier alpha value is -2.38. The molecule has 27 heavy (non-hydrogen) atoms. The van der Waals surface area contributed by atoms with Crippen LogP contribution in [0.25, 0.3) is 0 Å². The standard InChI is InChI=1S/C20H28N4O3/c1-23(13-16-4-6-17(27-2)7-5-16)14-20(26)8-3-10-24(11-9-20)19(25)18-12-21-15-22-18/h4-7,12,15,26H,3,8-11,13-14H2,1-2H3,(H,21,22). The van der Waals surface area contributed by atoms with E-state index in [0.717, 1.165) is 18.7 Å². The fraction of sp³-hybridized carbons (Fsp3) is 0.500. The number of carbonyl (C=O) groups excluding carboxylic acids is 1. The van der Waals surface area contributed by atoms with Gasteiger partial charge in [0.15, 0.2) is 0 Å². The van der Waals surface area contributed by atoms with Crippen LogP contribution in [0.4, 0.5) is 0 Å². The number of imidazole rings is 1. The van der Waals surface area contributed by atoms with Crippen LogP contribution in [-0.4, -0.2) is 70.2 Å². The zero-order chi connectivity index (χ0) is 19.3. The number of carbonyl (C=O) groups is 1. The largest absolute Gasteiger partial charge is 0.497 e. The Morgan fingerprint density at radius 3 is 2.78 bits per heavy atom. The second kappa shape index (κ2) is 8.54. The molecule has 7 heteroatoms. The number of nitrogens with one attached hydrogen (secondary N) is 1. The molecule has 1 atom stereocenters. The molecule has 0 aliphatic carbocycles. The van der Waals surface area contributed by atoms with E-state index in [1.807, 2.05) is 31.3 Å². The number of aromatic nitrogens is 2. The predicted molar refractivity (Wildman–Crippen MR) is 103 cm³/mol. The lowest BCUT2D eigenvalue weighted by molar-refractivity contribution is -0.00402. The Labute approximate surface area is 160 Å². The molecule has 2 heterocycles. The second-order valence-electron chi connectivity index (χ2n) is 7.36. The summed E-state index contributed by atoms with van der Waals surface area (Å²) in [6, 6.07) is 7.97. The molecule has 0 radical (unpaired) electrons. The first kappa shape index (κ1) is 19.4. The summed E-state index contributed by atoms with van der Waals surface area (Å²) in [7, 11) is 3.67. The quantitative estimate of drug-likeness (QED) is 0.809. The van der Waals surface area contributed by atoms with Crippen molar-refractivity contribution in [2.45, 2.75) is 31.4 Å². The van der Waals surface area contributed by atoms with Gasteiger partial charge in [-0.25, -0.2) is 4.98 Å². The SMILES string of the molecule is COc1ccc(CN(C)CC2(O)CCCN(C(=O)c3cnc[nH]3)CC2)cc1. The van der Waals surface area contributed by atoms with E-state index in [-0.39, 0.29) is 5.91 Å². The van der Waals surface area contributed by atoms with Crippen molar-refractivity contribution in [1.82, 2.24) is 19.8 Å². The highest BCUT2D eigenvalue weighted by Crippen LogP contribution is 2.25. The molecule has 0 spiro atoms. The van der Waals surface area contributed by atoms with Gasteiger partial charge in [0.25, 0.3) is 5.91 Å². The van der Waals surface area contributed by atoms with E-state index in [1.54, 1.807) is 18.2 Å². The molecule has 3 rings (SSSR count). The Bertz CT molecular complexity index is 732. The molecule has 2 N–H and O–H groups in total. The molecule has 0 saturated carbocycles. The number of aliphatic hydroxyl groups is 1. The van der Waals surface area contributed by atoms with E-state index in [4.69, 9.17) is 4.74 Å². The van der Waals surface area contributed by atoms with Gasteiger partial charge in [0, 0.05) is 26.2 Å². The Kier molecular flexibility index (Phi) is 6.13. The third kappa shape index (κ3) is 5.08. The van der Waals surface area contributed by atoms with Crippen molar-refractivity contribution < 1.29 is 14.6 Å². The van der Waals surface area contributed by atoms with E-state index < -0.39 is 5.60 Å². The Morgan fingerprint density at radius 1 is 1.33 bits per heavy atom. The minimum absolute atomic E-state index is 0.0525. The molecule has 2 aromatic rings. The van der Waals surface area contributed by atoms with Crippen molar-refractivity contribution in [2.75, 3.05) is 33.8 Å². The fourth-order valence-electron chi connectivity index (χ4n) is 3.68. The Morgan fingerprint density at radius 2 is 2.11 bits per heavy atom. The summed E-state index contributed by atoms with van der Waals surface area (Å²) in [5.41, 5.74) is 0.883. The van der Waals surface area contributed by atoms with Gasteiger partial charge in [0.2, 0.25) is 0 Å². The lowest BCUT2D eigenvalue weighted by Gasteiger charge is -2.31. The van der Waals surface area contributed by atoms with Gasteiger partial charge in [-0.2, -0.15) is 0 Å². The van der Waals surface area contributed by atoms with E-state index in [9.17, 15) is 9.90 Å². The zero-order valence-corrected chi connectivity index (χ0v) is 16.0. The first-order valence-corrected chi connectivity index (χ1v) is 9.31. The number of likely N-dealkylation sites (tertiary alicyclic amines) is 1. The van der Waals surface area contributed by atoms with Crippen molar-refractivity contribution in [3.8, 4) is 5.75 Å². The van der Waals surface area contributed by atoms with Crippen molar-refractivity contribution in [2.24, 2.45) is 0 Å². The highest BCUT2D eigenvalue weighted by Gasteiger charge is 2.33. The minimum atomic E-state index is -0.787. The molecule has 1 aromatic carbocycles. The number of amides is 1. The lowest BCUT2D eigenvalue weighted by Crippen LogP contribution is -2.42. The van der Waals surface area contributed by atoms with Crippen LogP contribution in [0.15, 0.2) is 36.8 Å². The van der Waals surface area contributed by atoms with Crippen molar-refractivity contribution in [3.05, 3.63) is 48.0 Å². The van der Waals surface area contributed by atoms with E-state index >= 15 is 0 Å². The number of ether oxygens (including phenoxy) is 1. The van der Waals surface area contributed by atoms with Gasteiger partial charge in [-0.05, 0) is 44.0 Å². The molecule has 7 nitrogen and oxygen atoms in total. The van der Waals surface area contributed by atoms with E-state index in [0.29, 0.717) is 38.2 Å². The van der Waals surface area contributed by atoms with Crippen LogP contribution >= 0.6 is 0 Å². The summed E-state index contributed by atoms with van der Waals surface area (Å²) < 4.78 is 5.19. The smallest absolute Gasteiger partial charge is 0.271 e. The zero-order valence-electron chi connectivity index (χ0n) is 16.0. The normalized spacial score (nSPS) is 20.5. The number of nitrogens with zero attached hydrogens (tertiary/aromatic N) is 3. The summed E-state index contributed by atoms with van der Waals surface area (Å²) in [6.45, 7) is 2.53. The molecule has 0 bridgehead atoms. The van der Waals surface area contributed by atoms with Crippen molar-refractivity contribution in [1.29, 1.82) is 0 Å². The fourth-order valence-corrected chi connectivity index (χ4v) is 3.68. The Balaban J connectivity index is 1.55. The maximum absolute atomic E-state index is 12.5. The number of benzene rings is 1. The van der Waals surface area contributed by atoms with Gasteiger partial charge in [-0.15, -0.1) is 0 Å². The molecule has 1 aromatic heterocycles. The third-order valence-corrected chi connectivity index (χ3v) is 5.11. The average Bonchev–Trinajstić information content (AvgIpc) is 3.12. The van der Waals surface area contributed by atoms with Gasteiger partial charge in [0.1, 0.15) is 11.4 Å². The van der Waals surface area contributed by atoms with Gasteiger partial charge < -0.3 is 19.7 Å². The monoisotopic (exact) mass is 372 g/mol. The molecule has 1 amide bonds. The lowest BCUT2D eigenvalue weighted by atomic mass is 9.94. The van der Waals surface area contributed by atoms with Crippen LogP contribution in [0.1, 0.15) is 35.3 Å². The second-order valence-corrected chi connectivity index (χ2v) is 7.36. The van der Waals surface area contributed by atoms with Crippen LogP contribution in [0.2, 0.25) is 0 Å². The van der Waals surface area contributed by atoms with Crippen LogP contribution in [-0.2, 0) is 6.54 Å². The van der Waals surface area contributed by atoms with Gasteiger partial charge in [-0.1, -0.05) is 12.1 Å². The summed E-state index contributed by atoms with van der Waals surface area (Å²) in [5, 5.41) is 11.1. The number of hydrogen-bond donors (Lipinski definition) is 2. The number of likely N-dealkylation sites (N-methyl/N-ethyl adjacent to an activating group) is 1. The van der Waals surface area contributed by atoms with Gasteiger partial charge >= 0.3 is 0 Å². The van der Waals surface area contributed by atoms with Gasteiger partial charge in [0.05, 0.1) is 25.2 Å². The number of aromatic amines is 1. The first-order chi connectivity index (χ1) is 13.0. The number of hydrogen-bond acceptors (Lipinski definition) is 5. The van der Waals surface area contributed by atoms with Crippen LogP contribution in [0, 0.1) is 0 Å². The molecule has 1 saturated heterocycles. The van der Waals surface area contributed by atoms with Gasteiger partial charge in [-0.3, -0.25) is 9.69 Å². The summed E-state index contributed by atoms with van der Waals surface area (Å²) >= 11 is 0. The highest BCUT2D eigenvalue weighted by atomic mass is 16.5. The van der Waals surface area contributed by atoms with Crippen LogP contribution in [0.3, 0.4) is 0 Å². The molecule has 1 unspecified atom stereocenters. The van der Waals surface area contributed by atoms with E-state index in [1.165, 1.54) is 11.9 Å². The predicted octanol–water partition coefficient (Wildman–Crippen LogP) is 1.91. The maximum Gasteiger partial charge on any atom is 0.271 e. The number of rotatable bonds is 6. The van der Waals surface area contributed by atoms with Crippen molar-refractivity contribution in [3.63, 3.8) is 0 Å². The summed E-state index contributed by atoms with van der Waals surface area (Å²) in [5.74, 6) is 0.786. The van der Waals surface area contributed by atoms with Crippen molar-refractivity contribution >= 4 is 5.91 Å². The molecule has 1 aliphatic heterocycles. The highest BCUT2D eigenvalue weighted by molar-refractivity contribution is 5.92. The third-order valence-electron chi connectivity index (χ3n) is 5.11. The number of H-pyrrole nitrogens is 1. The maximum atomic E-state index is 12.5. The first-order valence-electron chi connectivity index (χ1n) is 9.31. The van der Waals surface area contributed by atoms with E-state index in [2.05, 4.69) is 14.9 Å². The average molecular weight is 372 g/mol. The molecule has 146 valence electrons.